The molecular weight excluding hydrogens is 320 g/mol. The van der Waals surface area contributed by atoms with E-state index < -0.39 is 18.1 Å². The summed E-state index contributed by atoms with van der Waals surface area (Å²) in [6.07, 6.45) is 1.05. The first-order valence-corrected chi connectivity index (χ1v) is 8.67. The van der Waals surface area contributed by atoms with Crippen molar-refractivity contribution in [1.82, 2.24) is 10.6 Å². The highest BCUT2D eigenvalue weighted by Crippen LogP contribution is 2.19. The maximum Gasteiger partial charge on any atom is 0.329 e. The summed E-state index contributed by atoms with van der Waals surface area (Å²) < 4.78 is 5.27. The Hall–Kier alpha value is -2.37. The summed E-state index contributed by atoms with van der Waals surface area (Å²) in [5.74, 6) is -1.40. The minimum atomic E-state index is -0.885. The normalized spacial score (nSPS) is 16.0. The molecule has 0 saturated heterocycles. The lowest BCUT2D eigenvalue weighted by molar-refractivity contribution is -0.157. The molecule has 2 atom stereocenters. The molecule has 0 unspecified atom stereocenters. The molecule has 1 aromatic rings. The van der Waals surface area contributed by atoms with Crippen molar-refractivity contribution in [3.05, 3.63) is 35.4 Å². The average molecular weight is 346 g/mol. The zero-order valence-electron chi connectivity index (χ0n) is 15.2. The number of hydrogen-bond acceptors (Lipinski definition) is 4. The first-order chi connectivity index (χ1) is 11.8. The molecule has 1 fully saturated rings. The zero-order chi connectivity index (χ0) is 18.6. The van der Waals surface area contributed by atoms with E-state index >= 15 is 0 Å². The second-order valence-corrected chi connectivity index (χ2v) is 6.87. The Morgan fingerprint density at radius 3 is 2.32 bits per heavy atom. The van der Waals surface area contributed by atoms with Crippen LogP contribution in [-0.2, 0) is 14.3 Å². The number of rotatable bonds is 7. The summed E-state index contributed by atoms with van der Waals surface area (Å²) in [5.41, 5.74) is 1.34. The van der Waals surface area contributed by atoms with E-state index in [4.69, 9.17) is 4.74 Å². The maximum absolute atomic E-state index is 12.5. The number of carbonyl (C=O) groups excluding carboxylic acids is 3. The molecule has 0 bridgehead atoms. The number of hydrogen-bond donors (Lipinski definition) is 2. The first-order valence-electron chi connectivity index (χ1n) is 8.67. The van der Waals surface area contributed by atoms with Crippen molar-refractivity contribution in [2.24, 2.45) is 5.92 Å². The quantitative estimate of drug-likeness (QED) is 0.739. The summed E-state index contributed by atoms with van der Waals surface area (Å²) in [6.45, 7) is 7.01. The maximum atomic E-state index is 12.5. The van der Waals surface area contributed by atoms with Crippen LogP contribution in [-0.4, -0.2) is 36.0 Å². The number of benzene rings is 1. The lowest BCUT2D eigenvalue weighted by atomic mass is 10.0. The highest BCUT2D eigenvalue weighted by atomic mass is 16.5. The lowest BCUT2D eigenvalue weighted by Gasteiger charge is -2.23. The molecule has 0 radical (unpaired) electrons. The average Bonchev–Trinajstić information content (AvgIpc) is 3.36. The summed E-state index contributed by atoms with van der Waals surface area (Å²) in [5, 5.41) is 5.52. The van der Waals surface area contributed by atoms with Crippen LogP contribution in [0.4, 0.5) is 0 Å². The fourth-order valence-electron chi connectivity index (χ4n) is 2.39. The number of carbonyl (C=O) groups is 3. The monoisotopic (exact) mass is 346 g/mol. The van der Waals surface area contributed by atoms with Crippen LogP contribution < -0.4 is 10.6 Å². The molecule has 0 spiro atoms. The van der Waals surface area contributed by atoms with E-state index in [1.807, 2.05) is 32.9 Å². The number of aryl methyl sites for hydroxylation is 1. The van der Waals surface area contributed by atoms with Crippen LogP contribution in [0, 0.1) is 12.8 Å². The van der Waals surface area contributed by atoms with E-state index in [0.29, 0.717) is 5.56 Å². The molecule has 6 heteroatoms. The largest absolute Gasteiger partial charge is 0.451 e. The van der Waals surface area contributed by atoms with Crippen molar-refractivity contribution in [3.63, 3.8) is 0 Å². The van der Waals surface area contributed by atoms with E-state index in [9.17, 15) is 14.4 Å². The lowest BCUT2D eigenvalue weighted by Crippen LogP contribution is -2.48. The van der Waals surface area contributed by atoms with Gasteiger partial charge in [0.05, 0.1) is 0 Å². The molecule has 2 amide bonds. The smallest absolute Gasteiger partial charge is 0.329 e. The Morgan fingerprint density at radius 2 is 1.76 bits per heavy atom. The second-order valence-electron chi connectivity index (χ2n) is 6.87. The van der Waals surface area contributed by atoms with Gasteiger partial charge in [0.1, 0.15) is 6.04 Å². The Labute approximate surface area is 148 Å². The van der Waals surface area contributed by atoms with E-state index in [2.05, 4.69) is 10.6 Å². The third-order valence-electron chi connectivity index (χ3n) is 4.18. The van der Waals surface area contributed by atoms with Crippen molar-refractivity contribution < 1.29 is 19.1 Å². The zero-order valence-corrected chi connectivity index (χ0v) is 15.2. The van der Waals surface area contributed by atoms with Gasteiger partial charge in [0.2, 0.25) is 0 Å². The molecule has 6 nitrogen and oxygen atoms in total. The number of nitrogens with one attached hydrogen (secondary N) is 2. The van der Waals surface area contributed by atoms with Gasteiger partial charge >= 0.3 is 5.97 Å². The third-order valence-corrected chi connectivity index (χ3v) is 4.18. The highest BCUT2D eigenvalue weighted by Gasteiger charge is 2.31. The van der Waals surface area contributed by atoms with Crippen molar-refractivity contribution in [2.75, 3.05) is 0 Å². The van der Waals surface area contributed by atoms with Crippen LogP contribution in [0.1, 0.15) is 49.5 Å². The fourth-order valence-corrected chi connectivity index (χ4v) is 2.39. The van der Waals surface area contributed by atoms with Gasteiger partial charge in [0.15, 0.2) is 6.10 Å². The topological polar surface area (TPSA) is 84.5 Å². The van der Waals surface area contributed by atoms with Crippen molar-refractivity contribution in [3.8, 4) is 0 Å². The third kappa shape index (κ3) is 5.31. The van der Waals surface area contributed by atoms with Gasteiger partial charge in [-0.05, 0) is 44.2 Å². The van der Waals surface area contributed by atoms with Crippen LogP contribution >= 0.6 is 0 Å². The van der Waals surface area contributed by atoms with Gasteiger partial charge in [-0.2, -0.15) is 0 Å². The van der Waals surface area contributed by atoms with Crippen LogP contribution in [0.3, 0.4) is 0 Å². The predicted molar refractivity (Wildman–Crippen MR) is 94.0 cm³/mol. The summed E-state index contributed by atoms with van der Waals surface area (Å²) in [6, 6.07) is 6.55. The molecule has 1 aromatic carbocycles. The molecule has 0 heterocycles. The van der Waals surface area contributed by atoms with Crippen molar-refractivity contribution in [1.29, 1.82) is 0 Å². The number of esters is 1. The van der Waals surface area contributed by atoms with Gasteiger partial charge < -0.3 is 15.4 Å². The van der Waals surface area contributed by atoms with E-state index in [0.717, 1.165) is 18.4 Å². The minimum Gasteiger partial charge on any atom is -0.451 e. The molecule has 2 N–H and O–H groups in total. The van der Waals surface area contributed by atoms with E-state index in [1.54, 1.807) is 12.1 Å². The molecule has 0 aromatic heterocycles. The Balaban J connectivity index is 1.98. The minimum absolute atomic E-state index is 0.167. The van der Waals surface area contributed by atoms with Gasteiger partial charge in [-0.1, -0.05) is 32.0 Å². The van der Waals surface area contributed by atoms with Gasteiger partial charge in [0.25, 0.3) is 11.8 Å². The van der Waals surface area contributed by atoms with Crippen LogP contribution in [0.15, 0.2) is 24.3 Å². The standard InChI is InChI=1S/C19H26N2O4/c1-11(2)16(21-18(23)15-8-6-5-7-12(15)3)19(24)25-13(4)17(22)20-14-9-10-14/h5-8,11,13-14,16H,9-10H2,1-4H3,(H,20,22)(H,21,23)/t13-,16-/m0/s1. The predicted octanol–water partition coefficient (Wildman–Crippen LogP) is 1.96. The Bertz CT molecular complexity index is 653. The highest BCUT2D eigenvalue weighted by molar-refractivity contribution is 5.98. The Kier molecular flexibility index (Phi) is 6.17. The van der Waals surface area contributed by atoms with Crippen molar-refractivity contribution in [2.45, 2.75) is 58.7 Å². The molecule has 25 heavy (non-hydrogen) atoms. The number of amides is 2. The van der Waals surface area contributed by atoms with E-state index in [1.165, 1.54) is 6.92 Å². The molecule has 0 aliphatic heterocycles. The first kappa shape index (κ1) is 19.0. The van der Waals surface area contributed by atoms with Crippen molar-refractivity contribution >= 4 is 17.8 Å². The number of ether oxygens (including phenoxy) is 1. The van der Waals surface area contributed by atoms with Gasteiger partial charge in [0, 0.05) is 11.6 Å². The van der Waals surface area contributed by atoms with Crippen LogP contribution in [0.2, 0.25) is 0 Å². The molecule has 136 valence electrons. The molecule has 1 aliphatic rings. The van der Waals surface area contributed by atoms with E-state index in [-0.39, 0.29) is 23.8 Å². The second kappa shape index (κ2) is 8.14. The molecule has 1 aliphatic carbocycles. The van der Waals surface area contributed by atoms with Gasteiger partial charge in [-0.3, -0.25) is 9.59 Å². The molecule has 1 saturated carbocycles. The van der Waals surface area contributed by atoms with Crippen LogP contribution in [0.5, 0.6) is 0 Å². The summed E-state index contributed by atoms with van der Waals surface area (Å²) in [7, 11) is 0. The summed E-state index contributed by atoms with van der Waals surface area (Å²) >= 11 is 0. The van der Waals surface area contributed by atoms with Gasteiger partial charge in [-0.25, -0.2) is 4.79 Å². The molecular formula is C19H26N2O4. The fraction of sp³-hybridized carbons (Fsp3) is 0.526. The van der Waals surface area contributed by atoms with Gasteiger partial charge in [-0.15, -0.1) is 0 Å². The summed E-state index contributed by atoms with van der Waals surface area (Å²) in [4.78, 5) is 36.8. The molecule has 2 rings (SSSR count). The SMILES string of the molecule is Cc1ccccc1C(=O)N[C@H](C(=O)O[C@@H](C)C(=O)NC1CC1)C(C)C. The van der Waals surface area contributed by atoms with Crippen LogP contribution in [0.25, 0.3) is 0 Å². The Morgan fingerprint density at radius 1 is 1.12 bits per heavy atom.